The highest BCUT2D eigenvalue weighted by molar-refractivity contribution is 8.03. The molecule has 0 aliphatic carbocycles. The number of ether oxygens (including phenoxy) is 1. The van der Waals surface area contributed by atoms with Crippen LogP contribution in [0.1, 0.15) is 0 Å². The molecule has 1 rings (SSSR count). The molecule has 0 aromatic carbocycles. The number of methoxy groups -OCH3 is 1. The molecule has 0 bridgehead atoms. The fourth-order valence-corrected chi connectivity index (χ4v) is 2.13. The van der Waals surface area contributed by atoms with Crippen molar-refractivity contribution in [3.8, 4) is 0 Å². The number of amides is 1. The van der Waals surface area contributed by atoms with E-state index in [4.69, 9.17) is 0 Å². The predicted octanol–water partition coefficient (Wildman–Crippen LogP) is 0.203. The fourth-order valence-electron chi connectivity index (χ4n) is 1.07. The Labute approximate surface area is 91.9 Å². The van der Waals surface area contributed by atoms with E-state index in [1.54, 1.807) is 11.5 Å². The van der Waals surface area contributed by atoms with Crippen molar-refractivity contribution in [2.45, 2.75) is 11.3 Å². The smallest absolute Gasteiger partial charge is 0.321 e. The molecule has 0 radical (unpaired) electrons. The maximum atomic E-state index is 11.2. The number of thioether (sulfide) groups is 1. The van der Waals surface area contributed by atoms with E-state index >= 15 is 0 Å². The van der Waals surface area contributed by atoms with Gasteiger partial charge in [-0.2, -0.15) is 12.6 Å². The van der Waals surface area contributed by atoms with Crippen molar-refractivity contribution in [2.24, 2.45) is 0 Å². The van der Waals surface area contributed by atoms with Gasteiger partial charge in [-0.25, -0.2) is 0 Å². The number of hydrogen-bond donors (Lipinski definition) is 2. The molecule has 0 aromatic rings. The second-order valence-corrected chi connectivity index (χ2v) is 4.03. The van der Waals surface area contributed by atoms with Gasteiger partial charge in [0.15, 0.2) is 0 Å². The van der Waals surface area contributed by atoms with Crippen LogP contribution < -0.4 is 5.32 Å². The highest BCUT2D eigenvalue weighted by Crippen LogP contribution is 2.25. The zero-order valence-electron chi connectivity index (χ0n) is 7.60. The first-order valence-corrected chi connectivity index (χ1v) is 5.56. The number of carbonyl (C=O) groups is 2. The first kappa shape index (κ1) is 11.5. The maximum absolute atomic E-state index is 11.2. The van der Waals surface area contributed by atoms with Gasteiger partial charge in [0, 0.05) is 0 Å². The highest BCUT2D eigenvalue weighted by Gasteiger charge is 2.31. The number of hydrogen-bond acceptors (Lipinski definition) is 5. The van der Waals surface area contributed by atoms with E-state index in [0.29, 0.717) is 0 Å². The van der Waals surface area contributed by atoms with Gasteiger partial charge in [-0.05, 0) is 5.41 Å². The molecule has 1 heterocycles. The van der Waals surface area contributed by atoms with Gasteiger partial charge in [0.05, 0.1) is 18.9 Å². The van der Waals surface area contributed by atoms with Crippen molar-refractivity contribution in [1.82, 2.24) is 5.32 Å². The highest BCUT2D eigenvalue weighted by atomic mass is 32.2. The maximum Gasteiger partial charge on any atom is 0.321 e. The lowest BCUT2D eigenvalue weighted by molar-refractivity contribution is -0.140. The van der Waals surface area contributed by atoms with Gasteiger partial charge >= 0.3 is 5.97 Å². The second kappa shape index (κ2) is 5.31. The standard InChI is InChI=1S/C8H11NO3S2/c1-12-8(11)7-5(2-3-14-7)9-6(10)4-13/h2-3,5,7,13H,4H2,1H3,(H,9,10). The molecule has 2 atom stereocenters. The Bertz CT molecular complexity index is 267. The van der Waals surface area contributed by atoms with E-state index in [1.807, 2.05) is 0 Å². The SMILES string of the molecule is COC(=O)C1SC=CC1NC(=O)CS. The third kappa shape index (κ3) is 2.68. The molecule has 0 aromatic heterocycles. The van der Waals surface area contributed by atoms with Gasteiger partial charge < -0.3 is 10.1 Å². The van der Waals surface area contributed by atoms with Crippen LogP contribution in [0.5, 0.6) is 0 Å². The van der Waals surface area contributed by atoms with Crippen molar-refractivity contribution in [3.63, 3.8) is 0 Å². The van der Waals surface area contributed by atoms with E-state index in [0.717, 1.165) is 0 Å². The Morgan fingerprint density at radius 3 is 2.93 bits per heavy atom. The number of nitrogens with one attached hydrogen (secondary N) is 1. The Hall–Kier alpha value is -0.620. The van der Waals surface area contributed by atoms with E-state index in [9.17, 15) is 9.59 Å². The lowest BCUT2D eigenvalue weighted by Crippen LogP contribution is -2.43. The molecule has 1 amide bonds. The summed E-state index contributed by atoms with van der Waals surface area (Å²) in [4.78, 5) is 22.3. The summed E-state index contributed by atoms with van der Waals surface area (Å²) in [6.45, 7) is 0. The first-order valence-electron chi connectivity index (χ1n) is 3.99. The molecule has 1 aliphatic rings. The van der Waals surface area contributed by atoms with Crippen LogP contribution in [0.4, 0.5) is 0 Å². The molecule has 78 valence electrons. The molecule has 14 heavy (non-hydrogen) atoms. The molecule has 0 fully saturated rings. The Morgan fingerprint density at radius 1 is 1.64 bits per heavy atom. The van der Waals surface area contributed by atoms with Crippen LogP contribution in [0, 0.1) is 0 Å². The van der Waals surface area contributed by atoms with Gasteiger partial charge in [0.2, 0.25) is 5.91 Å². The quantitative estimate of drug-likeness (QED) is 0.540. The lowest BCUT2D eigenvalue weighted by atomic mass is 10.2. The summed E-state index contributed by atoms with van der Waals surface area (Å²) in [5, 5.41) is 4.08. The van der Waals surface area contributed by atoms with E-state index in [-0.39, 0.29) is 28.9 Å². The fraction of sp³-hybridized carbons (Fsp3) is 0.500. The van der Waals surface area contributed by atoms with Crippen LogP contribution in [0.3, 0.4) is 0 Å². The largest absolute Gasteiger partial charge is 0.468 e. The van der Waals surface area contributed by atoms with E-state index in [1.165, 1.54) is 18.9 Å². The molecule has 1 aliphatic heterocycles. The van der Waals surface area contributed by atoms with Gasteiger partial charge in [0.1, 0.15) is 5.25 Å². The van der Waals surface area contributed by atoms with Crippen LogP contribution in [0.15, 0.2) is 11.5 Å². The van der Waals surface area contributed by atoms with Crippen LogP contribution in [0.2, 0.25) is 0 Å². The van der Waals surface area contributed by atoms with Crippen LogP contribution in [0.25, 0.3) is 0 Å². The van der Waals surface area contributed by atoms with Crippen molar-refractivity contribution < 1.29 is 14.3 Å². The van der Waals surface area contributed by atoms with Gasteiger partial charge in [-0.15, -0.1) is 11.8 Å². The molecule has 4 nitrogen and oxygen atoms in total. The van der Waals surface area contributed by atoms with Crippen LogP contribution in [-0.2, 0) is 14.3 Å². The van der Waals surface area contributed by atoms with Crippen LogP contribution >= 0.6 is 24.4 Å². The van der Waals surface area contributed by atoms with Crippen molar-refractivity contribution >= 4 is 36.3 Å². The van der Waals surface area contributed by atoms with E-state index < -0.39 is 0 Å². The molecular formula is C8H11NO3S2. The third-order valence-corrected chi connectivity index (χ3v) is 3.12. The molecule has 2 unspecified atom stereocenters. The van der Waals surface area contributed by atoms with E-state index in [2.05, 4.69) is 22.7 Å². The zero-order valence-corrected chi connectivity index (χ0v) is 9.31. The molecule has 0 spiro atoms. The summed E-state index contributed by atoms with van der Waals surface area (Å²) in [6.07, 6.45) is 1.77. The van der Waals surface area contributed by atoms with Gasteiger partial charge in [-0.1, -0.05) is 6.08 Å². The van der Waals surface area contributed by atoms with Gasteiger partial charge in [-0.3, -0.25) is 9.59 Å². The van der Waals surface area contributed by atoms with Gasteiger partial charge in [0.25, 0.3) is 0 Å². The predicted molar refractivity (Wildman–Crippen MR) is 58.3 cm³/mol. The number of esters is 1. The molecule has 0 saturated carbocycles. The Kier molecular flexibility index (Phi) is 4.34. The minimum absolute atomic E-state index is 0.114. The summed E-state index contributed by atoms with van der Waals surface area (Å²) in [7, 11) is 1.33. The monoisotopic (exact) mass is 233 g/mol. The molecule has 0 saturated heterocycles. The average Bonchev–Trinajstić information content (AvgIpc) is 2.64. The molecule has 6 heteroatoms. The first-order chi connectivity index (χ1) is 6.69. The number of thiol groups is 1. The number of rotatable bonds is 3. The molecular weight excluding hydrogens is 222 g/mol. The van der Waals surface area contributed by atoms with Crippen LogP contribution in [-0.4, -0.2) is 36.0 Å². The van der Waals surface area contributed by atoms with Crippen molar-refractivity contribution in [1.29, 1.82) is 0 Å². The lowest BCUT2D eigenvalue weighted by Gasteiger charge is -2.16. The molecule has 1 N–H and O–H groups in total. The summed E-state index contributed by atoms with van der Waals surface area (Å²) in [6, 6.07) is -0.285. The summed E-state index contributed by atoms with van der Waals surface area (Å²) < 4.78 is 4.61. The van der Waals surface area contributed by atoms with Crippen molar-refractivity contribution in [3.05, 3.63) is 11.5 Å². The summed E-state index contributed by atoms with van der Waals surface area (Å²) >= 11 is 5.17. The normalized spacial score (nSPS) is 24.7. The second-order valence-electron chi connectivity index (χ2n) is 2.66. The third-order valence-electron chi connectivity index (χ3n) is 1.74. The minimum Gasteiger partial charge on any atom is -0.468 e. The number of carbonyl (C=O) groups excluding carboxylic acids is 2. The summed E-state index contributed by atoms with van der Waals surface area (Å²) in [5.41, 5.74) is 0. The van der Waals surface area contributed by atoms with Crippen molar-refractivity contribution in [2.75, 3.05) is 12.9 Å². The zero-order chi connectivity index (χ0) is 10.6. The Morgan fingerprint density at radius 2 is 2.36 bits per heavy atom. The average molecular weight is 233 g/mol. The summed E-state index contributed by atoms with van der Waals surface area (Å²) in [5.74, 6) is -0.410. The topological polar surface area (TPSA) is 55.4 Å². The Balaban J connectivity index is 2.54. The minimum atomic E-state index is -0.371.